The highest BCUT2D eigenvalue weighted by molar-refractivity contribution is 5.99. The van der Waals surface area contributed by atoms with Crippen molar-refractivity contribution in [2.24, 2.45) is 0 Å². The van der Waals surface area contributed by atoms with Crippen LogP contribution in [-0.4, -0.2) is 20.9 Å². The van der Waals surface area contributed by atoms with Gasteiger partial charge in [0.05, 0.1) is 18.8 Å². The zero-order valence-electron chi connectivity index (χ0n) is 14.4. The third kappa shape index (κ3) is 2.52. The number of aryl methyl sites for hydroxylation is 1. The summed E-state index contributed by atoms with van der Waals surface area (Å²) in [6, 6.07) is 16.1. The fourth-order valence-corrected chi connectivity index (χ4v) is 3.32. The van der Waals surface area contributed by atoms with Gasteiger partial charge in [-0.15, -0.1) is 0 Å². The van der Waals surface area contributed by atoms with Crippen molar-refractivity contribution in [3.05, 3.63) is 54.1 Å². The summed E-state index contributed by atoms with van der Waals surface area (Å²) in [5.74, 6) is 0.105. The molecule has 25 heavy (non-hydrogen) atoms. The van der Waals surface area contributed by atoms with Gasteiger partial charge in [-0.3, -0.25) is 4.79 Å². The number of carbonyl (C=O) groups excluding carboxylic acids is 1. The van der Waals surface area contributed by atoms with Gasteiger partial charge in [0.1, 0.15) is 11.4 Å². The Morgan fingerprint density at radius 3 is 2.32 bits per heavy atom. The van der Waals surface area contributed by atoms with E-state index in [0.29, 0.717) is 19.5 Å². The van der Waals surface area contributed by atoms with Gasteiger partial charge < -0.3 is 4.90 Å². The molecule has 0 spiro atoms. The van der Waals surface area contributed by atoms with E-state index >= 15 is 0 Å². The first kappa shape index (κ1) is 15.6. The van der Waals surface area contributed by atoms with Crippen molar-refractivity contribution < 1.29 is 4.79 Å². The molecular weight excluding hydrogens is 312 g/mol. The van der Waals surface area contributed by atoms with E-state index in [1.165, 1.54) is 0 Å². The minimum atomic E-state index is 0.105. The fraction of sp³-hybridized carbons (Fsp3) is 0.250. The van der Waals surface area contributed by atoms with E-state index in [9.17, 15) is 4.79 Å². The van der Waals surface area contributed by atoms with E-state index in [4.69, 9.17) is 10.2 Å². The van der Waals surface area contributed by atoms with E-state index in [0.717, 1.165) is 33.8 Å². The summed E-state index contributed by atoms with van der Waals surface area (Å²) in [6.07, 6.45) is 0.463. The average molecular weight is 332 g/mol. The first-order valence-corrected chi connectivity index (χ1v) is 8.66. The molecule has 0 radical (unpaired) electrons. The van der Waals surface area contributed by atoms with E-state index < -0.39 is 0 Å². The Hall–Kier alpha value is -2.95. The van der Waals surface area contributed by atoms with Crippen molar-refractivity contribution >= 4 is 11.6 Å². The number of rotatable bonds is 2. The molecule has 3 aromatic rings. The van der Waals surface area contributed by atoms with Crippen LogP contribution in [0.4, 0.5) is 5.69 Å². The molecule has 126 valence electrons. The van der Waals surface area contributed by atoms with E-state index in [2.05, 4.69) is 12.1 Å². The summed E-state index contributed by atoms with van der Waals surface area (Å²) in [7, 11) is 0. The Balaban J connectivity index is 2.05. The molecule has 2 aromatic carbocycles. The number of hydrogen-bond acceptors (Lipinski definition) is 3. The number of benzene rings is 2. The minimum Gasteiger partial charge on any atom is -0.307 e. The maximum absolute atomic E-state index is 12.7. The fourth-order valence-electron chi connectivity index (χ4n) is 3.32. The number of fused-ring (bicyclic) bond motifs is 5. The molecule has 0 bridgehead atoms. The first-order chi connectivity index (χ1) is 12.2. The van der Waals surface area contributed by atoms with Gasteiger partial charge in [-0.25, -0.2) is 0 Å². The minimum absolute atomic E-state index is 0.105. The average Bonchev–Trinajstić information content (AvgIpc) is 3.08. The first-order valence-electron chi connectivity index (χ1n) is 8.66. The normalized spacial score (nSPS) is 12.6. The van der Waals surface area contributed by atoms with E-state index in [1.54, 1.807) is 4.80 Å². The maximum Gasteiger partial charge on any atom is 0.227 e. The number of hydrogen-bond donors (Lipinski definition) is 0. The van der Waals surface area contributed by atoms with Crippen molar-refractivity contribution in [3.8, 4) is 22.5 Å². The summed E-state index contributed by atoms with van der Waals surface area (Å²) in [5, 5.41) is 9.40. The monoisotopic (exact) mass is 332 g/mol. The highest BCUT2D eigenvalue weighted by Gasteiger charge is 2.27. The van der Waals surface area contributed by atoms with Gasteiger partial charge >= 0.3 is 0 Å². The predicted octanol–water partition coefficient (Wildman–Crippen LogP) is 3.89. The molecule has 0 N–H and O–H groups in total. The Morgan fingerprint density at radius 1 is 0.960 bits per heavy atom. The lowest BCUT2D eigenvalue weighted by Crippen LogP contribution is -2.31. The summed E-state index contributed by atoms with van der Waals surface area (Å²) in [5.41, 5.74) is 5.69. The van der Waals surface area contributed by atoms with Crippen molar-refractivity contribution in [2.75, 3.05) is 4.90 Å². The second kappa shape index (κ2) is 6.16. The zero-order valence-corrected chi connectivity index (χ0v) is 14.4. The van der Waals surface area contributed by atoms with Crippen molar-refractivity contribution in [3.63, 3.8) is 0 Å². The van der Waals surface area contributed by atoms with Gasteiger partial charge in [0.2, 0.25) is 5.91 Å². The quantitative estimate of drug-likeness (QED) is 0.715. The molecule has 5 nitrogen and oxygen atoms in total. The van der Waals surface area contributed by atoms with Gasteiger partial charge in [-0.05, 0) is 18.6 Å². The molecule has 0 saturated carbocycles. The SMILES string of the molecule is CCC(=O)N1Cc2ccccc2-c2nn(CC)nc2-c2ccccc21. The maximum atomic E-state index is 12.7. The molecular formula is C20H20N4O. The lowest BCUT2D eigenvalue weighted by Gasteiger charge is -2.27. The Morgan fingerprint density at radius 2 is 1.60 bits per heavy atom. The van der Waals surface area contributed by atoms with Crippen LogP contribution in [0.1, 0.15) is 25.8 Å². The number of carbonyl (C=O) groups is 1. The standard InChI is InChI=1S/C20H20N4O/c1-3-18(25)23-13-14-9-5-6-10-15(14)19-20(22-24(4-2)21-19)16-11-7-8-12-17(16)23/h5-12H,3-4,13H2,1-2H3. The Labute approximate surface area is 146 Å². The molecule has 1 aliphatic rings. The molecule has 0 unspecified atom stereocenters. The number of aromatic nitrogens is 3. The number of anilines is 1. The molecule has 2 heterocycles. The van der Waals surface area contributed by atoms with Gasteiger partial charge in [0, 0.05) is 17.5 Å². The Kier molecular flexibility index (Phi) is 3.84. The van der Waals surface area contributed by atoms with Crippen LogP contribution >= 0.6 is 0 Å². The third-order valence-corrected chi connectivity index (χ3v) is 4.59. The highest BCUT2D eigenvalue weighted by Crippen LogP contribution is 2.40. The molecule has 0 saturated heterocycles. The molecule has 0 atom stereocenters. The zero-order chi connectivity index (χ0) is 17.4. The van der Waals surface area contributed by atoms with Crippen LogP contribution in [0.25, 0.3) is 22.5 Å². The van der Waals surface area contributed by atoms with Crippen LogP contribution in [0, 0.1) is 0 Å². The molecule has 1 aromatic heterocycles. The van der Waals surface area contributed by atoms with Crippen LogP contribution in [0.2, 0.25) is 0 Å². The van der Waals surface area contributed by atoms with Crippen LogP contribution < -0.4 is 4.90 Å². The number of nitrogens with zero attached hydrogens (tertiary/aromatic N) is 4. The second-order valence-corrected chi connectivity index (χ2v) is 6.09. The van der Waals surface area contributed by atoms with E-state index in [-0.39, 0.29) is 5.91 Å². The van der Waals surface area contributed by atoms with E-state index in [1.807, 2.05) is 55.1 Å². The molecule has 5 heteroatoms. The van der Waals surface area contributed by atoms with Gasteiger partial charge in [-0.2, -0.15) is 15.0 Å². The third-order valence-electron chi connectivity index (χ3n) is 4.59. The van der Waals surface area contributed by atoms with Crippen molar-refractivity contribution in [2.45, 2.75) is 33.4 Å². The molecule has 0 aliphatic carbocycles. The number of para-hydroxylation sites is 1. The van der Waals surface area contributed by atoms with Gasteiger partial charge in [0.25, 0.3) is 0 Å². The topological polar surface area (TPSA) is 51.0 Å². The number of amides is 1. The highest BCUT2D eigenvalue weighted by atomic mass is 16.2. The predicted molar refractivity (Wildman–Crippen MR) is 98.0 cm³/mol. The summed E-state index contributed by atoms with van der Waals surface area (Å²) < 4.78 is 0. The van der Waals surface area contributed by atoms with Gasteiger partial charge in [0.15, 0.2) is 0 Å². The molecule has 1 amide bonds. The van der Waals surface area contributed by atoms with Crippen LogP contribution in [-0.2, 0) is 17.9 Å². The lowest BCUT2D eigenvalue weighted by atomic mass is 9.96. The Bertz CT molecular complexity index is 944. The lowest BCUT2D eigenvalue weighted by molar-refractivity contribution is -0.118. The van der Waals surface area contributed by atoms with Crippen LogP contribution in [0.15, 0.2) is 48.5 Å². The van der Waals surface area contributed by atoms with Crippen LogP contribution in [0.3, 0.4) is 0 Å². The van der Waals surface area contributed by atoms with Crippen molar-refractivity contribution in [1.82, 2.24) is 15.0 Å². The van der Waals surface area contributed by atoms with Crippen molar-refractivity contribution in [1.29, 1.82) is 0 Å². The molecule has 4 rings (SSSR count). The summed E-state index contributed by atoms with van der Waals surface area (Å²) in [4.78, 5) is 16.2. The smallest absolute Gasteiger partial charge is 0.227 e. The second-order valence-electron chi connectivity index (χ2n) is 6.09. The molecule has 0 fully saturated rings. The van der Waals surface area contributed by atoms with Crippen LogP contribution in [0.5, 0.6) is 0 Å². The largest absolute Gasteiger partial charge is 0.307 e. The summed E-state index contributed by atoms with van der Waals surface area (Å²) in [6.45, 7) is 5.17. The van der Waals surface area contributed by atoms with Gasteiger partial charge in [-0.1, -0.05) is 49.4 Å². The summed E-state index contributed by atoms with van der Waals surface area (Å²) >= 11 is 0. The molecule has 1 aliphatic heterocycles.